The predicted molar refractivity (Wildman–Crippen MR) is 94.9 cm³/mol. The zero-order valence-corrected chi connectivity index (χ0v) is 14.2. The zero-order chi connectivity index (χ0) is 17.5. The molecule has 4 heterocycles. The number of carbonyl (C=O) groups excluding carboxylic acids is 1. The summed E-state index contributed by atoms with van der Waals surface area (Å²) in [6.07, 6.45) is 5.38. The van der Waals surface area contributed by atoms with Gasteiger partial charge >= 0.3 is 0 Å². The molecule has 2 aliphatic rings. The summed E-state index contributed by atoms with van der Waals surface area (Å²) in [7, 11) is 0. The van der Waals surface area contributed by atoms with Gasteiger partial charge in [-0.05, 0) is 30.3 Å². The number of nitrogens with one attached hydrogen (secondary N) is 1. The Hall–Kier alpha value is -2.64. The van der Waals surface area contributed by atoms with Crippen LogP contribution >= 0.6 is 0 Å². The van der Waals surface area contributed by atoms with E-state index in [9.17, 15) is 4.79 Å². The van der Waals surface area contributed by atoms with Gasteiger partial charge in [-0.1, -0.05) is 0 Å². The van der Waals surface area contributed by atoms with Crippen LogP contribution in [-0.2, 0) is 9.47 Å². The maximum absolute atomic E-state index is 12.9. The van der Waals surface area contributed by atoms with Crippen molar-refractivity contribution in [2.75, 3.05) is 26.3 Å². The molecule has 0 bridgehead atoms. The van der Waals surface area contributed by atoms with Crippen molar-refractivity contribution in [3.63, 3.8) is 0 Å². The first-order chi connectivity index (χ1) is 12.8. The van der Waals surface area contributed by atoms with E-state index in [0.717, 1.165) is 10.9 Å². The van der Waals surface area contributed by atoms with Crippen LogP contribution in [0, 0.1) is 0 Å². The number of aromatic nitrogens is 3. The Morgan fingerprint density at radius 1 is 1.15 bits per heavy atom. The van der Waals surface area contributed by atoms with Crippen LogP contribution in [0.25, 0.3) is 10.9 Å². The Kier molecular flexibility index (Phi) is 3.76. The first kappa shape index (κ1) is 15.6. The fourth-order valence-corrected chi connectivity index (χ4v) is 3.77. The minimum Gasteiger partial charge on any atom is -0.371 e. The average molecular weight is 352 g/mol. The summed E-state index contributed by atoms with van der Waals surface area (Å²) in [5.74, 6) is 0.0250. The van der Waals surface area contributed by atoms with E-state index in [1.165, 1.54) is 0 Å². The monoisotopic (exact) mass is 352 g/mol. The smallest absolute Gasteiger partial charge is 0.254 e. The van der Waals surface area contributed by atoms with Gasteiger partial charge in [0.1, 0.15) is 12.2 Å². The topological polar surface area (TPSA) is 72.4 Å². The minimum absolute atomic E-state index is 0.0250. The van der Waals surface area contributed by atoms with E-state index in [-0.39, 0.29) is 24.2 Å². The van der Waals surface area contributed by atoms with Crippen molar-refractivity contribution < 1.29 is 14.3 Å². The minimum atomic E-state index is -0.0875. The molecule has 1 aromatic carbocycles. The summed E-state index contributed by atoms with van der Waals surface area (Å²) < 4.78 is 14.0. The Morgan fingerprint density at radius 3 is 2.69 bits per heavy atom. The summed E-state index contributed by atoms with van der Waals surface area (Å²) in [6.45, 7) is 2.20. The number of aromatic amines is 1. The number of hydrogen-bond acceptors (Lipinski definition) is 4. The molecule has 1 amide bonds. The van der Waals surface area contributed by atoms with Crippen LogP contribution < -0.4 is 0 Å². The van der Waals surface area contributed by atoms with Crippen LogP contribution in [0.5, 0.6) is 0 Å². The second kappa shape index (κ2) is 6.26. The summed E-state index contributed by atoms with van der Waals surface area (Å²) in [6, 6.07) is 9.69. The molecule has 0 spiro atoms. The molecule has 2 saturated heterocycles. The van der Waals surface area contributed by atoms with Gasteiger partial charge in [-0.25, -0.2) is 0 Å². The molecule has 7 nitrogen and oxygen atoms in total. The summed E-state index contributed by atoms with van der Waals surface area (Å²) >= 11 is 0. The van der Waals surface area contributed by atoms with Crippen molar-refractivity contribution in [1.82, 2.24) is 19.7 Å². The second-order valence-corrected chi connectivity index (χ2v) is 6.87. The van der Waals surface area contributed by atoms with Crippen LogP contribution in [0.4, 0.5) is 0 Å². The molecule has 0 aliphatic carbocycles. The van der Waals surface area contributed by atoms with Gasteiger partial charge in [0.2, 0.25) is 0 Å². The molecule has 1 N–H and O–H groups in total. The van der Waals surface area contributed by atoms with Crippen LogP contribution in [0.15, 0.2) is 48.9 Å². The molecular formula is C19H20N4O3. The molecule has 2 aliphatic heterocycles. The van der Waals surface area contributed by atoms with Crippen LogP contribution in [0.3, 0.4) is 0 Å². The number of hydrogen-bond donors (Lipinski definition) is 1. The van der Waals surface area contributed by atoms with E-state index in [1.54, 1.807) is 6.20 Å². The zero-order valence-electron chi connectivity index (χ0n) is 14.2. The van der Waals surface area contributed by atoms with Gasteiger partial charge in [0.05, 0.1) is 19.3 Å². The lowest BCUT2D eigenvalue weighted by Gasteiger charge is -2.19. The normalized spacial score (nSPS) is 23.9. The molecular weight excluding hydrogens is 332 g/mol. The largest absolute Gasteiger partial charge is 0.371 e. The highest BCUT2D eigenvalue weighted by Gasteiger charge is 2.39. The van der Waals surface area contributed by atoms with Crippen molar-refractivity contribution in [2.24, 2.45) is 0 Å². The maximum Gasteiger partial charge on any atom is 0.254 e. The number of rotatable bonds is 2. The van der Waals surface area contributed by atoms with E-state index < -0.39 is 0 Å². The lowest BCUT2D eigenvalue weighted by molar-refractivity contribution is -0.00461. The summed E-state index contributed by atoms with van der Waals surface area (Å²) in [4.78, 5) is 17.9. The third-order valence-corrected chi connectivity index (χ3v) is 5.21. The molecule has 26 heavy (non-hydrogen) atoms. The second-order valence-electron chi connectivity index (χ2n) is 6.87. The number of carbonyl (C=O) groups is 1. The molecule has 0 radical (unpaired) electrons. The van der Waals surface area contributed by atoms with Gasteiger partial charge in [0, 0.05) is 48.1 Å². The standard InChI is InChI=1S/C19H20N4O3/c24-19(14-2-3-16-13(8-14)4-6-20-16)22-9-17-18(10-22)26-12-15(11-25-17)23-7-1-5-21-23/h1-8,15,17-18,20H,9-12H2/t17-,18-/m0/s1. The van der Waals surface area contributed by atoms with Gasteiger partial charge in [0.25, 0.3) is 5.91 Å². The number of amides is 1. The fourth-order valence-electron chi connectivity index (χ4n) is 3.77. The van der Waals surface area contributed by atoms with Crippen molar-refractivity contribution in [2.45, 2.75) is 18.2 Å². The SMILES string of the molecule is O=C(c1ccc2[nH]ccc2c1)N1C[C@@H]2OCC(n3cccn3)CO[C@H]2C1. The quantitative estimate of drug-likeness (QED) is 0.764. The first-order valence-electron chi connectivity index (χ1n) is 8.87. The Labute approximate surface area is 150 Å². The van der Waals surface area contributed by atoms with Gasteiger partial charge in [-0.2, -0.15) is 5.10 Å². The van der Waals surface area contributed by atoms with Crippen LogP contribution in [-0.4, -0.2) is 64.1 Å². The molecule has 0 unspecified atom stereocenters. The Balaban J connectivity index is 1.28. The number of benzene rings is 1. The highest BCUT2D eigenvalue weighted by Crippen LogP contribution is 2.25. The third-order valence-electron chi connectivity index (χ3n) is 5.21. The highest BCUT2D eigenvalue weighted by molar-refractivity contribution is 5.98. The predicted octanol–water partition coefficient (Wildman–Crippen LogP) is 1.85. The highest BCUT2D eigenvalue weighted by atomic mass is 16.6. The van der Waals surface area contributed by atoms with E-state index in [2.05, 4.69) is 10.1 Å². The molecule has 0 saturated carbocycles. The third kappa shape index (κ3) is 2.69. The van der Waals surface area contributed by atoms with Crippen LogP contribution in [0.1, 0.15) is 16.4 Å². The fraction of sp³-hybridized carbons (Fsp3) is 0.368. The van der Waals surface area contributed by atoms with Gasteiger partial charge < -0.3 is 19.4 Å². The van der Waals surface area contributed by atoms with Crippen molar-refractivity contribution in [3.05, 3.63) is 54.5 Å². The Morgan fingerprint density at radius 2 is 1.96 bits per heavy atom. The van der Waals surface area contributed by atoms with Gasteiger partial charge in [0.15, 0.2) is 0 Å². The molecule has 134 valence electrons. The number of ether oxygens (including phenoxy) is 2. The van der Waals surface area contributed by atoms with E-state index in [0.29, 0.717) is 31.9 Å². The van der Waals surface area contributed by atoms with Crippen molar-refractivity contribution >= 4 is 16.8 Å². The van der Waals surface area contributed by atoms with E-state index in [4.69, 9.17) is 9.47 Å². The number of likely N-dealkylation sites (tertiary alicyclic amines) is 1. The first-order valence-corrected chi connectivity index (χ1v) is 8.87. The van der Waals surface area contributed by atoms with E-state index in [1.807, 2.05) is 52.3 Å². The lowest BCUT2D eigenvalue weighted by Crippen LogP contribution is -2.31. The lowest BCUT2D eigenvalue weighted by atomic mass is 10.1. The van der Waals surface area contributed by atoms with Crippen molar-refractivity contribution in [1.29, 1.82) is 0 Å². The van der Waals surface area contributed by atoms with Gasteiger partial charge in [-0.15, -0.1) is 0 Å². The molecule has 2 aromatic heterocycles. The molecule has 2 fully saturated rings. The molecule has 2 atom stereocenters. The molecule has 3 aromatic rings. The van der Waals surface area contributed by atoms with Gasteiger partial charge in [-0.3, -0.25) is 9.48 Å². The van der Waals surface area contributed by atoms with Crippen molar-refractivity contribution in [3.8, 4) is 0 Å². The molecule has 7 heteroatoms. The summed E-state index contributed by atoms with van der Waals surface area (Å²) in [5.41, 5.74) is 1.73. The number of nitrogens with zero attached hydrogens (tertiary/aromatic N) is 3. The van der Waals surface area contributed by atoms with E-state index >= 15 is 0 Å². The Bertz CT molecular complexity index is 904. The molecule has 5 rings (SSSR count). The maximum atomic E-state index is 12.9. The average Bonchev–Trinajstić information content (AvgIpc) is 3.40. The summed E-state index contributed by atoms with van der Waals surface area (Å²) in [5, 5.41) is 5.31. The number of H-pyrrole nitrogens is 1. The number of fused-ring (bicyclic) bond motifs is 2. The van der Waals surface area contributed by atoms with Crippen LogP contribution in [0.2, 0.25) is 0 Å².